The zero-order valence-corrected chi connectivity index (χ0v) is 21.5. The van der Waals surface area contributed by atoms with Gasteiger partial charge in [0.1, 0.15) is 0 Å². The number of hydrogen-bond donors (Lipinski definition) is 1. The van der Waals surface area contributed by atoms with Crippen molar-refractivity contribution < 1.29 is 55.8 Å². The van der Waals surface area contributed by atoms with E-state index in [1.807, 2.05) is 13.1 Å². The van der Waals surface area contributed by atoms with E-state index < -0.39 is 9.04 Å². The van der Waals surface area contributed by atoms with Gasteiger partial charge < -0.3 is 29.6 Å². The molecular formula is C22H28Cl2OSiZr. The largest absolute Gasteiger partial charge is 3.00 e. The first-order valence-corrected chi connectivity index (χ1v) is 11.2. The van der Waals surface area contributed by atoms with Gasteiger partial charge in [-0.1, -0.05) is 61.2 Å². The normalized spacial score (nSPS) is 9.56. The Kier molecular flexibility index (Phi) is 15.7. The predicted molar refractivity (Wildman–Crippen MR) is 108 cm³/mol. The Morgan fingerprint density at radius 1 is 1.00 bits per heavy atom. The molecule has 0 saturated heterocycles. The molecular weight excluding hydrogens is 470 g/mol. The van der Waals surface area contributed by atoms with Gasteiger partial charge in [-0.25, -0.2) is 0 Å². The maximum atomic E-state index is 8.16. The van der Waals surface area contributed by atoms with Crippen molar-refractivity contribution in [3.63, 3.8) is 0 Å². The molecule has 1 nitrogen and oxygen atoms in total. The van der Waals surface area contributed by atoms with Crippen LogP contribution in [0.4, 0.5) is 0 Å². The Bertz CT molecular complexity index is 767. The van der Waals surface area contributed by atoms with Crippen molar-refractivity contribution in [3.05, 3.63) is 65.7 Å². The molecule has 0 unspecified atom stereocenters. The van der Waals surface area contributed by atoms with Crippen LogP contribution in [0.15, 0.2) is 54.6 Å². The summed E-state index contributed by atoms with van der Waals surface area (Å²) in [5.41, 5.74) is 5.45. The number of rotatable bonds is 4. The molecule has 0 amide bonds. The Morgan fingerprint density at radius 2 is 1.59 bits per heavy atom. The minimum absolute atomic E-state index is 0. The summed E-state index contributed by atoms with van der Waals surface area (Å²) in [5.74, 6) is 0. The molecule has 0 atom stereocenters. The van der Waals surface area contributed by atoms with E-state index in [-0.39, 0.29) is 51.0 Å². The molecule has 144 valence electrons. The molecule has 2 radical (unpaired) electrons. The minimum Gasteiger partial charge on any atom is -1.00 e. The SMILES string of the molecule is CCCCc1cc2c(-c3ccc(C)cc3)cccc2[cH-]1.C[Si](C)O.[Cl-].[Cl-].[Zr+3]. The van der Waals surface area contributed by atoms with Gasteiger partial charge in [0, 0.05) is 0 Å². The molecule has 0 fully saturated rings. The van der Waals surface area contributed by atoms with Crippen molar-refractivity contribution in [2.24, 2.45) is 0 Å². The Hall–Kier alpha value is -0.310. The topological polar surface area (TPSA) is 20.2 Å². The van der Waals surface area contributed by atoms with Crippen LogP contribution in [-0.2, 0) is 32.6 Å². The van der Waals surface area contributed by atoms with E-state index in [0.717, 1.165) is 0 Å². The molecule has 0 aliphatic heterocycles. The van der Waals surface area contributed by atoms with Crippen molar-refractivity contribution in [3.8, 4) is 11.1 Å². The van der Waals surface area contributed by atoms with E-state index in [1.165, 1.54) is 52.3 Å². The van der Waals surface area contributed by atoms with Gasteiger partial charge >= 0.3 is 26.2 Å². The number of unbranched alkanes of at least 4 members (excludes halogenated alkanes) is 1. The zero-order chi connectivity index (χ0) is 17.5. The summed E-state index contributed by atoms with van der Waals surface area (Å²) in [5, 5.41) is 2.76. The van der Waals surface area contributed by atoms with Crippen molar-refractivity contribution >= 4 is 19.8 Å². The van der Waals surface area contributed by atoms with Crippen LogP contribution in [0.3, 0.4) is 0 Å². The zero-order valence-electron chi connectivity index (χ0n) is 16.5. The number of halogens is 2. The first kappa shape index (κ1) is 28.9. The van der Waals surface area contributed by atoms with Gasteiger partial charge in [0.25, 0.3) is 0 Å². The van der Waals surface area contributed by atoms with E-state index in [2.05, 4.69) is 68.4 Å². The quantitative estimate of drug-likeness (QED) is 0.400. The minimum atomic E-state index is -0.880. The Morgan fingerprint density at radius 3 is 2.15 bits per heavy atom. The summed E-state index contributed by atoms with van der Waals surface area (Å²) in [6.07, 6.45) is 3.72. The van der Waals surface area contributed by atoms with Gasteiger partial charge in [-0.2, -0.15) is 6.07 Å². The van der Waals surface area contributed by atoms with E-state index in [9.17, 15) is 0 Å². The summed E-state index contributed by atoms with van der Waals surface area (Å²) >= 11 is 0. The first-order chi connectivity index (χ1) is 11.5. The second-order valence-corrected chi connectivity index (χ2v) is 8.48. The Labute approximate surface area is 197 Å². The second-order valence-electron chi connectivity index (χ2n) is 6.59. The molecule has 0 aliphatic carbocycles. The van der Waals surface area contributed by atoms with Crippen molar-refractivity contribution in [1.29, 1.82) is 0 Å². The van der Waals surface area contributed by atoms with Crippen LogP contribution < -0.4 is 24.8 Å². The van der Waals surface area contributed by atoms with Crippen LogP contribution in [-0.4, -0.2) is 13.8 Å². The maximum Gasteiger partial charge on any atom is 3.00 e. The second kappa shape index (κ2) is 14.7. The number of aryl methyl sites for hydroxylation is 2. The molecule has 0 aliphatic rings. The fraction of sp³-hybridized carbons (Fsp3) is 0.318. The molecule has 27 heavy (non-hydrogen) atoms. The van der Waals surface area contributed by atoms with Gasteiger partial charge in [0.05, 0.1) is 0 Å². The summed E-state index contributed by atoms with van der Waals surface area (Å²) < 4.78 is 0. The smallest absolute Gasteiger partial charge is 1.00 e. The van der Waals surface area contributed by atoms with Crippen molar-refractivity contribution in [1.82, 2.24) is 0 Å². The molecule has 0 spiro atoms. The molecule has 0 heterocycles. The third-order valence-electron chi connectivity index (χ3n) is 3.99. The van der Waals surface area contributed by atoms with Crippen LogP contribution in [0.25, 0.3) is 21.9 Å². The third kappa shape index (κ3) is 9.15. The van der Waals surface area contributed by atoms with E-state index in [0.29, 0.717) is 0 Å². The predicted octanol–water partition coefficient (Wildman–Crippen LogP) is 0.112. The number of hydrogen-bond acceptors (Lipinski definition) is 1. The van der Waals surface area contributed by atoms with Gasteiger partial charge in [-0.3, -0.25) is 0 Å². The Balaban J connectivity index is 0. The van der Waals surface area contributed by atoms with Crippen LogP contribution in [0.1, 0.15) is 30.9 Å². The van der Waals surface area contributed by atoms with Crippen molar-refractivity contribution in [2.75, 3.05) is 0 Å². The number of benzene rings is 2. The standard InChI is InChI=1S/C20H21.C2H7OSi.2ClH.Zr/c1-3-4-6-16-13-18-7-5-8-19(20(18)14-16)17-11-9-15(2)10-12-17;1-4(2)3;;;/h5,7-14H,3-4,6H2,1-2H3;3H,1-2H3;2*1H;/q-1;;;;+3/p-2. The summed E-state index contributed by atoms with van der Waals surface area (Å²) in [4.78, 5) is 8.16. The molecule has 3 aromatic carbocycles. The van der Waals surface area contributed by atoms with Crippen LogP contribution in [0, 0.1) is 6.92 Å². The number of fused-ring (bicyclic) bond motifs is 1. The summed E-state index contributed by atoms with van der Waals surface area (Å²) in [6, 6.07) is 20.2. The monoisotopic (exact) mass is 496 g/mol. The molecule has 1 N–H and O–H groups in total. The van der Waals surface area contributed by atoms with Crippen LogP contribution in [0.2, 0.25) is 13.1 Å². The van der Waals surface area contributed by atoms with E-state index in [1.54, 1.807) is 0 Å². The van der Waals surface area contributed by atoms with Gasteiger partial charge in [0.15, 0.2) is 9.04 Å². The summed E-state index contributed by atoms with van der Waals surface area (Å²) in [7, 11) is -0.880. The molecule has 0 aromatic heterocycles. The van der Waals surface area contributed by atoms with Gasteiger partial charge in [-0.15, -0.1) is 34.5 Å². The average Bonchev–Trinajstić information content (AvgIpc) is 2.96. The first-order valence-electron chi connectivity index (χ1n) is 8.75. The van der Waals surface area contributed by atoms with Gasteiger partial charge in [0.2, 0.25) is 0 Å². The maximum absolute atomic E-state index is 8.16. The fourth-order valence-electron chi connectivity index (χ4n) is 2.81. The van der Waals surface area contributed by atoms with Crippen LogP contribution in [0.5, 0.6) is 0 Å². The average molecular weight is 499 g/mol. The molecule has 3 rings (SSSR count). The molecule has 0 bridgehead atoms. The third-order valence-corrected chi connectivity index (χ3v) is 3.99. The van der Waals surface area contributed by atoms with E-state index >= 15 is 0 Å². The van der Waals surface area contributed by atoms with E-state index in [4.69, 9.17) is 4.80 Å². The fourth-order valence-corrected chi connectivity index (χ4v) is 2.81. The molecule has 5 heteroatoms. The summed E-state index contributed by atoms with van der Waals surface area (Å²) in [6.45, 7) is 8.03. The molecule has 3 aromatic rings. The van der Waals surface area contributed by atoms with Gasteiger partial charge in [-0.05, 0) is 32.0 Å². The molecule has 0 saturated carbocycles. The van der Waals surface area contributed by atoms with Crippen molar-refractivity contribution in [2.45, 2.75) is 46.2 Å². The van der Waals surface area contributed by atoms with Crippen LogP contribution >= 0.6 is 0 Å².